The Hall–Kier alpha value is -3.35. The van der Waals surface area contributed by atoms with Gasteiger partial charge in [-0.3, -0.25) is 9.78 Å². The van der Waals surface area contributed by atoms with Gasteiger partial charge in [-0.05, 0) is 28.8 Å². The van der Waals surface area contributed by atoms with Gasteiger partial charge >= 0.3 is 5.69 Å². The molecule has 1 amide bonds. The third-order valence-corrected chi connectivity index (χ3v) is 3.53. The summed E-state index contributed by atoms with van der Waals surface area (Å²) in [5.74, 6) is 0.329. The van der Waals surface area contributed by atoms with Gasteiger partial charge in [0, 0.05) is 6.54 Å². The highest BCUT2D eigenvalue weighted by Crippen LogP contribution is 2.24. The summed E-state index contributed by atoms with van der Waals surface area (Å²) in [6, 6.07) is 15.6. The summed E-state index contributed by atoms with van der Waals surface area (Å²) in [5, 5.41) is 8.43. The summed E-state index contributed by atoms with van der Waals surface area (Å²) in [5.41, 5.74) is 2.54. The number of aromatic nitrogens is 3. The van der Waals surface area contributed by atoms with E-state index < -0.39 is 11.6 Å². The molecule has 0 saturated heterocycles. The topological polar surface area (TPSA) is 99.9 Å². The van der Waals surface area contributed by atoms with Gasteiger partial charge < -0.3 is 10.1 Å². The van der Waals surface area contributed by atoms with Crippen LogP contribution >= 0.6 is 0 Å². The SMILES string of the molecule is COc1cccc(-c2ccc(CNC(=O)c3n[nH]c(=O)[nH]3)cc2)c1. The van der Waals surface area contributed by atoms with Crippen LogP contribution in [0, 0.1) is 0 Å². The maximum absolute atomic E-state index is 11.8. The van der Waals surface area contributed by atoms with E-state index in [1.54, 1.807) is 7.11 Å². The standard InChI is InChI=1S/C17H16N4O3/c1-24-14-4-2-3-13(9-14)12-7-5-11(6-8-12)10-18-16(22)15-19-17(23)21-20-15/h2-9H,10H2,1H3,(H,18,22)(H2,19,20,21,23). The van der Waals surface area contributed by atoms with E-state index in [1.165, 1.54) is 0 Å². The second-order valence-corrected chi connectivity index (χ2v) is 5.14. The van der Waals surface area contributed by atoms with Crippen LogP contribution < -0.4 is 15.7 Å². The van der Waals surface area contributed by atoms with E-state index in [4.69, 9.17) is 4.74 Å². The van der Waals surface area contributed by atoms with Crippen LogP contribution in [0.5, 0.6) is 5.75 Å². The Bertz CT molecular complexity index is 896. The minimum atomic E-state index is -0.511. The number of H-pyrrole nitrogens is 2. The van der Waals surface area contributed by atoms with E-state index in [-0.39, 0.29) is 5.82 Å². The highest BCUT2D eigenvalue weighted by Gasteiger charge is 2.09. The molecule has 1 aromatic heterocycles. The molecule has 0 aliphatic rings. The summed E-state index contributed by atoms with van der Waals surface area (Å²) >= 11 is 0. The molecule has 0 saturated carbocycles. The number of carbonyl (C=O) groups is 1. The molecule has 2 aromatic carbocycles. The number of hydrogen-bond acceptors (Lipinski definition) is 4. The van der Waals surface area contributed by atoms with E-state index >= 15 is 0 Å². The van der Waals surface area contributed by atoms with Crippen LogP contribution in [0.3, 0.4) is 0 Å². The molecule has 0 aliphatic heterocycles. The summed E-state index contributed by atoms with van der Waals surface area (Å²) < 4.78 is 5.23. The van der Waals surface area contributed by atoms with E-state index in [9.17, 15) is 9.59 Å². The first-order valence-corrected chi connectivity index (χ1v) is 7.32. The minimum Gasteiger partial charge on any atom is -0.497 e. The number of carbonyl (C=O) groups excluding carboxylic acids is 1. The van der Waals surface area contributed by atoms with Crippen molar-refractivity contribution in [3.05, 3.63) is 70.4 Å². The summed E-state index contributed by atoms with van der Waals surface area (Å²) in [4.78, 5) is 25.0. The van der Waals surface area contributed by atoms with Crippen molar-refractivity contribution < 1.29 is 9.53 Å². The highest BCUT2D eigenvalue weighted by atomic mass is 16.5. The lowest BCUT2D eigenvalue weighted by molar-refractivity contribution is 0.0941. The number of benzene rings is 2. The Labute approximate surface area is 137 Å². The quantitative estimate of drug-likeness (QED) is 0.665. The molecule has 0 unspecified atom stereocenters. The molecule has 0 fully saturated rings. The molecule has 3 N–H and O–H groups in total. The van der Waals surface area contributed by atoms with Crippen molar-refractivity contribution in [1.29, 1.82) is 0 Å². The van der Waals surface area contributed by atoms with Gasteiger partial charge in [-0.1, -0.05) is 36.4 Å². The van der Waals surface area contributed by atoms with Crippen molar-refractivity contribution in [1.82, 2.24) is 20.5 Å². The van der Waals surface area contributed by atoms with Gasteiger partial charge in [0.1, 0.15) is 5.75 Å². The van der Waals surface area contributed by atoms with Gasteiger partial charge in [0.25, 0.3) is 5.91 Å². The number of hydrogen-bond donors (Lipinski definition) is 3. The van der Waals surface area contributed by atoms with Crippen molar-refractivity contribution >= 4 is 5.91 Å². The summed E-state index contributed by atoms with van der Waals surface area (Å²) in [7, 11) is 1.64. The molecule has 24 heavy (non-hydrogen) atoms. The van der Waals surface area contributed by atoms with Crippen LogP contribution in [-0.4, -0.2) is 28.2 Å². The lowest BCUT2D eigenvalue weighted by Crippen LogP contribution is -2.24. The molecule has 7 nitrogen and oxygen atoms in total. The van der Waals surface area contributed by atoms with Crippen molar-refractivity contribution in [3.63, 3.8) is 0 Å². The molecular formula is C17H16N4O3. The lowest BCUT2D eigenvalue weighted by atomic mass is 10.0. The number of rotatable bonds is 5. The Morgan fingerprint density at radius 3 is 2.62 bits per heavy atom. The lowest BCUT2D eigenvalue weighted by Gasteiger charge is -2.07. The highest BCUT2D eigenvalue weighted by molar-refractivity contribution is 5.90. The molecule has 122 valence electrons. The fourth-order valence-corrected chi connectivity index (χ4v) is 2.26. The number of nitrogens with zero attached hydrogens (tertiary/aromatic N) is 1. The Balaban J connectivity index is 1.66. The number of methoxy groups -OCH3 is 1. The first-order chi connectivity index (χ1) is 11.7. The van der Waals surface area contributed by atoms with Gasteiger partial charge in [0.05, 0.1) is 7.11 Å². The minimum absolute atomic E-state index is 0.0343. The maximum Gasteiger partial charge on any atom is 0.341 e. The van der Waals surface area contributed by atoms with Gasteiger partial charge in [-0.2, -0.15) is 0 Å². The Kier molecular flexibility index (Phi) is 4.42. The molecule has 0 radical (unpaired) electrons. The molecule has 0 aliphatic carbocycles. The monoisotopic (exact) mass is 324 g/mol. The van der Waals surface area contributed by atoms with E-state index in [0.717, 1.165) is 22.4 Å². The van der Waals surface area contributed by atoms with E-state index in [0.29, 0.717) is 6.54 Å². The zero-order chi connectivity index (χ0) is 16.9. The molecule has 3 aromatic rings. The molecule has 3 rings (SSSR count). The number of aromatic amines is 2. The van der Waals surface area contributed by atoms with Gasteiger partial charge in [-0.15, -0.1) is 5.10 Å². The number of amides is 1. The van der Waals surface area contributed by atoms with Crippen LogP contribution in [0.4, 0.5) is 0 Å². The predicted molar refractivity (Wildman–Crippen MR) is 88.8 cm³/mol. The molecule has 1 heterocycles. The maximum atomic E-state index is 11.8. The van der Waals surface area contributed by atoms with Crippen molar-refractivity contribution in [2.24, 2.45) is 0 Å². The normalized spacial score (nSPS) is 10.4. The first kappa shape index (κ1) is 15.5. The van der Waals surface area contributed by atoms with Crippen molar-refractivity contribution in [2.75, 3.05) is 7.11 Å². The summed E-state index contributed by atoms with van der Waals surface area (Å²) in [6.45, 7) is 0.339. The Morgan fingerprint density at radius 2 is 1.96 bits per heavy atom. The van der Waals surface area contributed by atoms with Crippen LogP contribution in [0.25, 0.3) is 11.1 Å². The fraction of sp³-hybridized carbons (Fsp3) is 0.118. The van der Waals surface area contributed by atoms with Crippen LogP contribution in [-0.2, 0) is 6.54 Å². The fourth-order valence-electron chi connectivity index (χ4n) is 2.26. The van der Waals surface area contributed by atoms with Crippen molar-refractivity contribution in [2.45, 2.75) is 6.54 Å². The smallest absolute Gasteiger partial charge is 0.341 e. The summed E-state index contributed by atoms with van der Waals surface area (Å²) in [6.07, 6.45) is 0. The molecule has 0 atom stereocenters. The van der Waals surface area contributed by atoms with Crippen LogP contribution in [0.15, 0.2) is 53.3 Å². The molecule has 0 bridgehead atoms. The van der Waals surface area contributed by atoms with E-state index in [2.05, 4.69) is 20.5 Å². The third-order valence-electron chi connectivity index (χ3n) is 3.53. The number of ether oxygens (including phenoxy) is 1. The third kappa shape index (κ3) is 3.52. The van der Waals surface area contributed by atoms with Gasteiger partial charge in [0.2, 0.25) is 5.82 Å². The Morgan fingerprint density at radius 1 is 1.17 bits per heavy atom. The van der Waals surface area contributed by atoms with Crippen LogP contribution in [0.1, 0.15) is 16.2 Å². The van der Waals surface area contributed by atoms with E-state index in [1.807, 2.05) is 48.5 Å². The first-order valence-electron chi connectivity index (χ1n) is 7.32. The second-order valence-electron chi connectivity index (χ2n) is 5.14. The zero-order valence-electron chi connectivity index (χ0n) is 13.0. The predicted octanol–water partition coefficient (Wildman–Crippen LogP) is 1.70. The van der Waals surface area contributed by atoms with Crippen molar-refractivity contribution in [3.8, 4) is 16.9 Å². The van der Waals surface area contributed by atoms with Gasteiger partial charge in [0.15, 0.2) is 0 Å². The van der Waals surface area contributed by atoms with Crippen LogP contribution in [0.2, 0.25) is 0 Å². The number of nitrogens with one attached hydrogen (secondary N) is 3. The largest absolute Gasteiger partial charge is 0.497 e. The zero-order valence-corrected chi connectivity index (χ0v) is 13.0. The average molecular weight is 324 g/mol. The second kappa shape index (κ2) is 6.82. The molecule has 0 spiro atoms. The molecule has 7 heteroatoms. The average Bonchev–Trinajstić information content (AvgIpc) is 3.06. The molecular weight excluding hydrogens is 308 g/mol. The van der Waals surface area contributed by atoms with Gasteiger partial charge in [-0.25, -0.2) is 9.89 Å².